The van der Waals surface area contributed by atoms with E-state index >= 15 is 0 Å². The third-order valence-corrected chi connectivity index (χ3v) is 4.36. The highest BCUT2D eigenvalue weighted by atomic mass is 35.5. The average Bonchev–Trinajstić information content (AvgIpc) is 2.81. The molecule has 3 heterocycles. The van der Waals surface area contributed by atoms with Crippen molar-refractivity contribution in [1.82, 2.24) is 15.2 Å². The molecule has 2 aliphatic heterocycles. The van der Waals surface area contributed by atoms with E-state index in [1.54, 1.807) is 6.20 Å². The first-order chi connectivity index (χ1) is 8.34. The maximum Gasteiger partial charge on any atom is 0.0634 e. The first-order valence-corrected chi connectivity index (χ1v) is 6.75. The van der Waals surface area contributed by atoms with Crippen LogP contribution in [0.5, 0.6) is 0 Å². The predicted octanol–water partition coefficient (Wildman–Crippen LogP) is 1.92. The summed E-state index contributed by atoms with van der Waals surface area (Å²) in [5, 5.41) is 4.30. The Morgan fingerprint density at radius 1 is 1.47 bits per heavy atom. The summed E-state index contributed by atoms with van der Waals surface area (Å²) in [6.45, 7) is 4.48. The van der Waals surface area contributed by atoms with Gasteiger partial charge in [-0.15, -0.1) is 0 Å². The first kappa shape index (κ1) is 11.5. The van der Waals surface area contributed by atoms with Crippen LogP contribution in [0.15, 0.2) is 18.5 Å². The molecule has 2 saturated heterocycles. The summed E-state index contributed by atoms with van der Waals surface area (Å²) in [5.41, 5.74) is 1.20. The molecule has 2 fully saturated rings. The van der Waals surface area contributed by atoms with Crippen LogP contribution in [0.25, 0.3) is 0 Å². The summed E-state index contributed by atoms with van der Waals surface area (Å²) in [7, 11) is 0. The minimum atomic E-state index is 0.702. The molecule has 4 heteroatoms. The van der Waals surface area contributed by atoms with Gasteiger partial charge in [-0.05, 0) is 43.5 Å². The SMILES string of the molecule is Clc1cnccc1CN1CCCC2CNCC21. The van der Waals surface area contributed by atoms with E-state index in [1.807, 2.05) is 12.3 Å². The lowest BCUT2D eigenvalue weighted by atomic mass is 9.92. The summed E-state index contributed by atoms with van der Waals surface area (Å²) in [6, 6.07) is 2.74. The number of aromatic nitrogens is 1. The normalized spacial score (nSPS) is 29.2. The standard InChI is InChI=1S/C13H18ClN3/c14-12-7-15-4-3-11(12)9-17-5-1-2-10-6-16-8-13(10)17/h3-4,7,10,13,16H,1-2,5-6,8-9H2. The van der Waals surface area contributed by atoms with E-state index in [2.05, 4.69) is 15.2 Å². The van der Waals surface area contributed by atoms with Crippen molar-refractivity contribution in [3.8, 4) is 0 Å². The molecule has 0 aliphatic carbocycles. The molecule has 2 aliphatic rings. The van der Waals surface area contributed by atoms with Gasteiger partial charge in [0.15, 0.2) is 0 Å². The van der Waals surface area contributed by atoms with Crippen molar-refractivity contribution < 1.29 is 0 Å². The van der Waals surface area contributed by atoms with Crippen molar-refractivity contribution in [2.45, 2.75) is 25.4 Å². The third kappa shape index (κ3) is 2.32. The molecule has 0 bridgehead atoms. The number of rotatable bonds is 2. The summed E-state index contributed by atoms with van der Waals surface area (Å²) in [6.07, 6.45) is 6.25. The zero-order valence-corrected chi connectivity index (χ0v) is 10.7. The maximum atomic E-state index is 6.18. The highest BCUT2D eigenvalue weighted by molar-refractivity contribution is 6.31. The second-order valence-corrected chi connectivity index (χ2v) is 5.47. The first-order valence-electron chi connectivity index (χ1n) is 6.38. The molecule has 17 heavy (non-hydrogen) atoms. The quantitative estimate of drug-likeness (QED) is 0.871. The van der Waals surface area contributed by atoms with Crippen molar-refractivity contribution in [3.63, 3.8) is 0 Å². The second-order valence-electron chi connectivity index (χ2n) is 5.07. The van der Waals surface area contributed by atoms with E-state index in [9.17, 15) is 0 Å². The van der Waals surface area contributed by atoms with Gasteiger partial charge in [0.25, 0.3) is 0 Å². The van der Waals surface area contributed by atoms with Crippen molar-refractivity contribution in [1.29, 1.82) is 0 Å². The van der Waals surface area contributed by atoms with E-state index in [0.717, 1.165) is 24.0 Å². The Balaban J connectivity index is 1.74. The Hall–Kier alpha value is -0.640. The minimum Gasteiger partial charge on any atom is -0.315 e. The van der Waals surface area contributed by atoms with Crippen molar-refractivity contribution in [2.24, 2.45) is 5.92 Å². The zero-order valence-electron chi connectivity index (χ0n) is 9.90. The molecule has 3 rings (SSSR count). The number of pyridine rings is 1. The van der Waals surface area contributed by atoms with E-state index < -0.39 is 0 Å². The van der Waals surface area contributed by atoms with E-state index in [1.165, 1.54) is 31.5 Å². The minimum absolute atomic E-state index is 0.702. The fraction of sp³-hybridized carbons (Fsp3) is 0.615. The predicted molar refractivity (Wildman–Crippen MR) is 69.0 cm³/mol. The number of nitrogens with one attached hydrogen (secondary N) is 1. The van der Waals surface area contributed by atoms with Gasteiger partial charge >= 0.3 is 0 Å². The molecular weight excluding hydrogens is 234 g/mol. The van der Waals surface area contributed by atoms with Gasteiger partial charge in [0.1, 0.15) is 0 Å². The topological polar surface area (TPSA) is 28.2 Å². The van der Waals surface area contributed by atoms with Gasteiger partial charge in [-0.1, -0.05) is 11.6 Å². The molecular formula is C13H18ClN3. The van der Waals surface area contributed by atoms with Crippen LogP contribution in [0.3, 0.4) is 0 Å². The fourth-order valence-electron chi connectivity index (χ4n) is 3.11. The van der Waals surface area contributed by atoms with E-state index in [-0.39, 0.29) is 0 Å². The number of likely N-dealkylation sites (tertiary alicyclic amines) is 1. The van der Waals surface area contributed by atoms with Crippen LogP contribution in [0, 0.1) is 5.92 Å². The smallest absolute Gasteiger partial charge is 0.0634 e. The number of halogens is 1. The average molecular weight is 252 g/mol. The number of nitrogens with zero attached hydrogens (tertiary/aromatic N) is 2. The lowest BCUT2D eigenvalue weighted by Crippen LogP contribution is -2.44. The van der Waals surface area contributed by atoms with Crippen LogP contribution in [-0.2, 0) is 6.54 Å². The van der Waals surface area contributed by atoms with Crippen molar-refractivity contribution >= 4 is 11.6 Å². The Morgan fingerprint density at radius 2 is 2.41 bits per heavy atom. The molecule has 1 aromatic rings. The Bertz CT molecular complexity index is 396. The molecule has 1 aromatic heterocycles. The Labute approximate surface area is 107 Å². The van der Waals surface area contributed by atoms with Crippen LogP contribution in [-0.4, -0.2) is 35.6 Å². The maximum absolute atomic E-state index is 6.18. The molecule has 0 radical (unpaired) electrons. The van der Waals surface area contributed by atoms with Crippen LogP contribution >= 0.6 is 11.6 Å². The summed E-state index contributed by atoms with van der Waals surface area (Å²) >= 11 is 6.18. The zero-order chi connectivity index (χ0) is 11.7. The highest BCUT2D eigenvalue weighted by Crippen LogP contribution is 2.28. The van der Waals surface area contributed by atoms with E-state index in [0.29, 0.717) is 6.04 Å². The molecule has 2 atom stereocenters. The monoisotopic (exact) mass is 251 g/mol. The number of hydrogen-bond acceptors (Lipinski definition) is 3. The van der Waals surface area contributed by atoms with E-state index in [4.69, 9.17) is 11.6 Å². The van der Waals surface area contributed by atoms with Gasteiger partial charge in [-0.2, -0.15) is 0 Å². The van der Waals surface area contributed by atoms with Gasteiger partial charge in [-0.3, -0.25) is 9.88 Å². The summed E-state index contributed by atoms with van der Waals surface area (Å²) in [4.78, 5) is 6.62. The van der Waals surface area contributed by atoms with Crippen LogP contribution in [0.2, 0.25) is 5.02 Å². The molecule has 0 aromatic carbocycles. The van der Waals surface area contributed by atoms with Crippen LogP contribution < -0.4 is 5.32 Å². The fourth-order valence-corrected chi connectivity index (χ4v) is 3.29. The van der Waals surface area contributed by atoms with Gasteiger partial charge in [0.05, 0.1) is 5.02 Å². The second kappa shape index (κ2) is 4.92. The van der Waals surface area contributed by atoms with Crippen molar-refractivity contribution in [2.75, 3.05) is 19.6 Å². The Kier molecular flexibility index (Phi) is 3.32. The molecule has 0 spiro atoms. The van der Waals surface area contributed by atoms with Crippen molar-refractivity contribution in [3.05, 3.63) is 29.0 Å². The number of hydrogen-bond donors (Lipinski definition) is 1. The molecule has 1 N–H and O–H groups in total. The van der Waals surface area contributed by atoms with Gasteiger partial charge in [0.2, 0.25) is 0 Å². The van der Waals surface area contributed by atoms with Gasteiger partial charge in [0, 0.05) is 31.5 Å². The van der Waals surface area contributed by atoms with Crippen LogP contribution in [0.4, 0.5) is 0 Å². The Morgan fingerprint density at radius 3 is 3.29 bits per heavy atom. The highest BCUT2D eigenvalue weighted by Gasteiger charge is 2.34. The lowest BCUT2D eigenvalue weighted by Gasteiger charge is -2.37. The number of fused-ring (bicyclic) bond motifs is 1. The largest absolute Gasteiger partial charge is 0.315 e. The van der Waals surface area contributed by atoms with Gasteiger partial charge < -0.3 is 5.32 Å². The molecule has 0 saturated carbocycles. The molecule has 0 amide bonds. The third-order valence-electron chi connectivity index (χ3n) is 4.02. The van der Waals surface area contributed by atoms with Gasteiger partial charge in [-0.25, -0.2) is 0 Å². The molecule has 3 nitrogen and oxygen atoms in total. The molecule has 92 valence electrons. The van der Waals surface area contributed by atoms with Crippen LogP contribution in [0.1, 0.15) is 18.4 Å². The number of piperidine rings is 1. The lowest BCUT2D eigenvalue weighted by molar-refractivity contribution is 0.117. The summed E-state index contributed by atoms with van der Waals surface area (Å²) in [5.74, 6) is 0.837. The summed E-state index contributed by atoms with van der Waals surface area (Å²) < 4.78 is 0. The molecule has 2 unspecified atom stereocenters.